The quantitative estimate of drug-likeness (QED) is 0.917. The van der Waals surface area contributed by atoms with Gasteiger partial charge in [0.2, 0.25) is 0 Å². The van der Waals surface area contributed by atoms with E-state index in [0.717, 1.165) is 36.0 Å². The zero-order chi connectivity index (χ0) is 14.2. The Morgan fingerprint density at radius 3 is 3.10 bits per heavy atom. The van der Waals surface area contributed by atoms with Crippen LogP contribution in [0.25, 0.3) is 0 Å². The number of ether oxygens (including phenoxy) is 1. The van der Waals surface area contributed by atoms with Crippen molar-refractivity contribution < 1.29 is 14.6 Å². The fourth-order valence-corrected chi connectivity index (χ4v) is 6.65. The Morgan fingerprint density at radius 2 is 2.45 bits per heavy atom. The molecule has 0 aromatic carbocycles. The second-order valence-corrected chi connectivity index (χ2v) is 8.92. The molecule has 0 aliphatic carbocycles. The Kier molecular flexibility index (Phi) is 4.31. The van der Waals surface area contributed by atoms with E-state index in [1.165, 1.54) is 17.1 Å². The molecule has 0 saturated carbocycles. The number of aryl methyl sites for hydroxylation is 1. The number of carboxylic acid groups (broad SMARTS) is 1. The minimum atomic E-state index is -0.873. The van der Waals surface area contributed by atoms with Gasteiger partial charge in [-0.3, -0.25) is 0 Å². The summed E-state index contributed by atoms with van der Waals surface area (Å²) in [6.45, 7) is 2.58. The average Bonchev–Trinajstić information content (AvgIpc) is 2.97. The highest BCUT2D eigenvalue weighted by Gasteiger charge is 2.41. The number of aromatic nitrogens is 1. The number of aromatic carboxylic acids is 1. The summed E-state index contributed by atoms with van der Waals surface area (Å²) in [5.41, 5.74) is 0.700. The van der Waals surface area contributed by atoms with Gasteiger partial charge in [0.05, 0.1) is 11.3 Å². The van der Waals surface area contributed by atoms with E-state index in [0.29, 0.717) is 15.8 Å². The molecular weight excluding hydrogens is 314 g/mol. The maximum absolute atomic E-state index is 11.1. The molecule has 2 aliphatic heterocycles. The first-order valence-corrected chi connectivity index (χ1v) is 9.52. The number of thiazole rings is 1. The first-order chi connectivity index (χ1) is 9.58. The first-order valence-electron chi connectivity index (χ1n) is 6.67. The van der Waals surface area contributed by atoms with Crippen LogP contribution in [0.15, 0.2) is 4.34 Å². The largest absolute Gasteiger partial charge is 0.477 e. The van der Waals surface area contributed by atoms with Crippen LogP contribution in [-0.4, -0.2) is 45.0 Å². The van der Waals surface area contributed by atoms with E-state index in [2.05, 4.69) is 4.98 Å². The monoisotopic (exact) mass is 331 g/mol. The summed E-state index contributed by atoms with van der Waals surface area (Å²) >= 11 is 5.00. The van der Waals surface area contributed by atoms with Crippen LogP contribution in [-0.2, 0) is 4.74 Å². The predicted molar refractivity (Wildman–Crippen MR) is 83.3 cm³/mol. The number of thioether (sulfide) groups is 2. The Balaban J connectivity index is 1.68. The zero-order valence-corrected chi connectivity index (χ0v) is 13.7. The van der Waals surface area contributed by atoms with Crippen LogP contribution in [0.3, 0.4) is 0 Å². The standard InChI is InChI=1S/C13H17NO3S3/c1-8-10(11(15)16)20-12(14-8)19-9-2-4-17-13(6-9)3-5-18-7-13/h9H,2-7H2,1H3,(H,15,16). The lowest BCUT2D eigenvalue weighted by Crippen LogP contribution is -2.40. The SMILES string of the molecule is Cc1nc(SC2CCOC3(CCSC3)C2)sc1C(=O)O. The van der Waals surface area contributed by atoms with Gasteiger partial charge in [-0.25, -0.2) is 9.78 Å². The molecule has 3 heterocycles. The van der Waals surface area contributed by atoms with Gasteiger partial charge >= 0.3 is 5.97 Å². The third-order valence-electron chi connectivity index (χ3n) is 3.75. The van der Waals surface area contributed by atoms with Crippen molar-refractivity contribution in [2.45, 2.75) is 41.4 Å². The van der Waals surface area contributed by atoms with Crippen LogP contribution in [0, 0.1) is 6.92 Å². The minimum Gasteiger partial charge on any atom is -0.477 e. The molecule has 0 bridgehead atoms. The lowest BCUT2D eigenvalue weighted by Gasteiger charge is -2.37. The molecule has 2 unspecified atom stereocenters. The number of carboxylic acids is 1. The third-order valence-corrected chi connectivity index (χ3v) is 7.48. The molecule has 1 aromatic heterocycles. The van der Waals surface area contributed by atoms with Crippen molar-refractivity contribution in [1.29, 1.82) is 0 Å². The van der Waals surface area contributed by atoms with E-state index in [-0.39, 0.29) is 5.60 Å². The van der Waals surface area contributed by atoms with Gasteiger partial charge in [-0.1, -0.05) is 11.8 Å². The molecule has 7 heteroatoms. The molecule has 1 aromatic rings. The van der Waals surface area contributed by atoms with E-state index in [4.69, 9.17) is 9.84 Å². The van der Waals surface area contributed by atoms with Crippen molar-refractivity contribution in [1.82, 2.24) is 4.98 Å². The van der Waals surface area contributed by atoms with E-state index in [9.17, 15) is 4.79 Å². The Labute approximate surface area is 130 Å². The highest BCUT2D eigenvalue weighted by Crippen LogP contribution is 2.43. The number of hydrogen-bond donors (Lipinski definition) is 1. The van der Waals surface area contributed by atoms with Crippen molar-refractivity contribution in [3.8, 4) is 0 Å². The molecule has 20 heavy (non-hydrogen) atoms. The summed E-state index contributed by atoms with van der Waals surface area (Å²) < 4.78 is 6.90. The summed E-state index contributed by atoms with van der Waals surface area (Å²) in [5, 5.41) is 9.59. The molecule has 2 atom stereocenters. The van der Waals surface area contributed by atoms with E-state index in [1.54, 1.807) is 18.7 Å². The van der Waals surface area contributed by atoms with Gasteiger partial charge in [0.15, 0.2) is 4.34 Å². The lowest BCUT2D eigenvalue weighted by atomic mass is 9.93. The van der Waals surface area contributed by atoms with Crippen LogP contribution >= 0.6 is 34.9 Å². The van der Waals surface area contributed by atoms with Crippen molar-refractivity contribution >= 4 is 40.8 Å². The Morgan fingerprint density at radius 1 is 1.60 bits per heavy atom. The van der Waals surface area contributed by atoms with Gasteiger partial charge in [0.25, 0.3) is 0 Å². The molecule has 1 N–H and O–H groups in total. The first kappa shape index (κ1) is 14.7. The van der Waals surface area contributed by atoms with Crippen molar-refractivity contribution in [3.05, 3.63) is 10.6 Å². The highest BCUT2D eigenvalue weighted by atomic mass is 32.2. The smallest absolute Gasteiger partial charge is 0.347 e. The molecule has 4 nitrogen and oxygen atoms in total. The molecule has 0 amide bonds. The van der Waals surface area contributed by atoms with Gasteiger partial charge in [0, 0.05) is 17.6 Å². The molecule has 1 spiro atoms. The second kappa shape index (κ2) is 5.87. The number of rotatable bonds is 3. The molecule has 3 rings (SSSR count). The van der Waals surface area contributed by atoms with Gasteiger partial charge in [0.1, 0.15) is 4.88 Å². The third kappa shape index (κ3) is 3.00. The predicted octanol–water partition coefficient (Wildman–Crippen LogP) is 3.30. The summed E-state index contributed by atoms with van der Waals surface area (Å²) in [5.74, 6) is 1.42. The second-order valence-electron chi connectivity index (χ2n) is 5.27. The highest BCUT2D eigenvalue weighted by molar-refractivity contribution is 8.01. The van der Waals surface area contributed by atoms with Crippen LogP contribution in [0.4, 0.5) is 0 Å². The maximum Gasteiger partial charge on any atom is 0.347 e. The normalized spacial score (nSPS) is 29.9. The Hall–Kier alpha value is -0.240. The molecule has 110 valence electrons. The summed E-state index contributed by atoms with van der Waals surface area (Å²) in [7, 11) is 0. The number of hydrogen-bond acceptors (Lipinski definition) is 6. The molecule has 2 fully saturated rings. The van der Waals surface area contributed by atoms with Gasteiger partial charge in [-0.05, 0) is 31.9 Å². The summed E-state index contributed by atoms with van der Waals surface area (Å²) in [6.07, 6.45) is 3.23. The molecule has 2 aliphatic rings. The fraction of sp³-hybridized carbons (Fsp3) is 0.692. The van der Waals surface area contributed by atoms with Crippen LogP contribution in [0.1, 0.15) is 34.6 Å². The van der Waals surface area contributed by atoms with E-state index < -0.39 is 5.97 Å². The van der Waals surface area contributed by atoms with Crippen LogP contribution < -0.4 is 0 Å². The molecule has 0 radical (unpaired) electrons. The van der Waals surface area contributed by atoms with Crippen LogP contribution in [0.2, 0.25) is 0 Å². The zero-order valence-electron chi connectivity index (χ0n) is 11.3. The topological polar surface area (TPSA) is 59.4 Å². The average molecular weight is 331 g/mol. The van der Waals surface area contributed by atoms with Crippen LogP contribution in [0.5, 0.6) is 0 Å². The fourth-order valence-electron chi connectivity index (χ4n) is 2.71. The van der Waals surface area contributed by atoms with Gasteiger partial charge in [-0.15, -0.1) is 11.3 Å². The maximum atomic E-state index is 11.1. The Bertz CT molecular complexity index is 511. The number of nitrogens with zero attached hydrogens (tertiary/aromatic N) is 1. The number of carbonyl (C=O) groups is 1. The van der Waals surface area contributed by atoms with Crippen molar-refractivity contribution in [2.24, 2.45) is 0 Å². The summed E-state index contributed by atoms with van der Waals surface area (Å²) in [4.78, 5) is 15.8. The minimum absolute atomic E-state index is 0.0719. The van der Waals surface area contributed by atoms with Gasteiger partial charge < -0.3 is 9.84 Å². The van der Waals surface area contributed by atoms with Crippen molar-refractivity contribution in [2.75, 3.05) is 18.1 Å². The lowest BCUT2D eigenvalue weighted by molar-refractivity contribution is -0.0562. The van der Waals surface area contributed by atoms with Gasteiger partial charge in [-0.2, -0.15) is 11.8 Å². The summed E-state index contributed by atoms with van der Waals surface area (Å²) in [6, 6.07) is 0. The molecular formula is C13H17NO3S3. The molecule has 2 saturated heterocycles. The van der Waals surface area contributed by atoms with E-state index >= 15 is 0 Å². The van der Waals surface area contributed by atoms with E-state index in [1.807, 2.05) is 11.8 Å². The van der Waals surface area contributed by atoms with Crippen molar-refractivity contribution in [3.63, 3.8) is 0 Å².